The van der Waals surface area contributed by atoms with Gasteiger partial charge in [0.2, 0.25) is 17.7 Å². The number of fused-ring (bicyclic) bond motifs is 3. The van der Waals surface area contributed by atoms with Gasteiger partial charge in [-0.25, -0.2) is 19.2 Å². The number of hydrogen-bond acceptors (Lipinski definition) is 13. The monoisotopic (exact) mass is 972 g/mol. The summed E-state index contributed by atoms with van der Waals surface area (Å²) in [6, 6.07) is 20.8. The maximum atomic E-state index is 14.2. The third kappa shape index (κ3) is 19.4. The predicted molar refractivity (Wildman–Crippen MR) is 258 cm³/mol. The van der Waals surface area contributed by atoms with Crippen LogP contribution in [-0.4, -0.2) is 111 Å². The van der Waals surface area contributed by atoms with Gasteiger partial charge in [0.1, 0.15) is 42.5 Å². The van der Waals surface area contributed by atoms with Crippen LogP contribution in [-0.2, 0) is 54.3 Å². The number of nitrogens with one attached hydrogen (secondary N) is 6. The molecule has 380 valence electrons. The fraction of sp³-hybridized carbons (Fsp3) is 0.490. The van der Waals surface area contributed by atoms with E-state index in [1.54, 1.807) is 41.5 Å². The van der Waals surface area contributed by atoms with Crippen LogP contribution in [0.25, 0.3) is 11.1 Å². The number of amides is 6. The van der Waals surface area contributed by atoms with Crippen molar-refractivity contribution in [3.63, 3.8) is 0 Å². The second-order valence-corrected chi connectivity index (χ2v) is 18.6. The Labute approximate surface area is 409 Å². The van der Waals surface area contributed by atoms with Crippen LogP contribution in [0.5, 0.6) is 0 Å². The summed E-state index contributed by atoms with van der Waals surface area (Å²) in [7, 11) is 1.16. The topological polar surface area (TPSA) is 255 Å². The summed E-state index contributed by atoms with van der Waals surface area (Å²) in [5, 5.41) is 15.6. The standard InChI is InChI=1S/C51H68N6O13/c1-50(2,3)69-43(59)27-26-40(45(61)56-41(46(62)66-7)24-15-16-28-53-47(63)67-31-33-18-9-8-10-19-33)55-44(60)39(25-17-29-52-42(58)30-54-48(64)70-51(4,5)6)57-49(65)68-32-38-36-22-13-11-20-34(36)35-21-12-14-23-37(35)38/h8-14,18-23,38-41H,15-17,24-32H2,1-7H3,(H,52,58)(H,53,63)(H,54,64)(H,55,60)(H,56,61)(H,57,65)/t39-,40-,41-/m0/s1. The molecule has 4 rings (SSSR count). The first-order chi connectivity index (χ1) is 33.2. The zero-order valence-corrected chi connectivity index (χ0v) is 41.1. The van der Waals surface area contributed by atoms with Crippen molar-refractivity contribution in [2.45, 2.75) is 128 Å². The zero-order valence-electron chi connectivity index (χ0n) is 41.1. The van der Waals surface area contributed by atoms with Crippen LogP contribution in [0, 0.1) is 0 Å². The lowest BCUT2D eigenvalue weighted by atomic mass is 9.98. The highest BCUT2D eigenvalue weighted by Gasteiger charge is 2.33. The van der Waals surface area contributed by atoms with E-state index in [9.17, 15) is 38.4 Å². The van der Waals surface area contributed by atoms with Crippen LogP contribution in [0.3, 0.4) is 0 Å². The van der Waals surface area contributed by atoms with Gasteiger partial charge >= 0.3 is 30.2 Å². The number of esters is 2. The predicted octanol–water partition coefficient (Wildman–Crippen LogP) is 5.68. The summed E-state index contributed by atoms with van der Waals surface area (Å²) in [4.78, 5) is 104. The molecule has 0 aromatic heterocycles. The van der Waals surface area contributed by atoms with Crippen molar-refractivity contribution in [1.82, 2.24) is 31.9 Å². The van der Waals surface area contributed by atoms with E-state index in [0.29, 0.717) is 12.8 Å². The van der Waals surface area contributed by atoms with E-state index >= 15 is 0 Å². The minimum Gasteiger partial charge on any atom is -0.467 e. The zero-order chi connectivity index (χ0) is 51.3. The van der Waals surface area contributed by atoms with Gasteiger partial charge in [-0.15, -0.1) is 0 Å². The Kier molecular flexibility index (Phi) is 21.5. The third-order valence-electron chi connectivity index (χ3n) is 10.6. The minimum atomic E-state index is -1.42. The van der Waals surface area contributed by atoms with Gasteiger partial charge in [-0.05, 0) is 108 Å². The second kappa shape index (κ2) is 27.1. The van der Waals surface area contributed by atoms with Crippen LogP contribution < -0.4 is 31.9 Å². The van der Waals surface area contributed by atoms with Crippen LogP contribution in [0.2, 0.25) is 0 Å². The highest BCUT2D eigenvalue weighted by atomic mass is 16.6. The summed E-state index contributed by atoms with van der Waals surface area (Å²) in [5.74, 6) is -3.87. The number of hydrogen-bond donors (Lipinski definition) is 6. The summed E-state index contributed by atoms with van der Waals surface area (Å²) in [5.41, 5.74) is 3.20. The van der Waals surface area contributed by atoms with Gasteiger partial charge in [0.25, 0.3) is 0 Å². The van der Waals surface area contributed by atoms with Crippen LogP contribution in [0.1, 0.15) is 109 Å². The van der Waals surface area contributed by atoms with Gasteiger partial charge in [0.05, 0.1) is 13.7 Å². The molecule has 0 saturated carbocycles. The Morgan fingerprint density at radius 1 is 0.557 bits per heavy atom. The van der Waals surface area contributed by atoms with Crippen LogP contribution in [0.15, 0.2) is 78.9 Å². The maximum absolute atomic E-state index is 14.2. The Balaban J connectivity index is 1.44. The molecular formula is C51H68N6O13. The number of carbonyl (C=O) groups is 8. The molecule has 3 atom stereocenters. The Bertz CT molecular complexity index is 2210. The van der Waals surface area contributed by atoms with Crippen molar-refractivity contribution in [2.75, 3.05) is 33.4 Å². The Morgan fingerprint density at radius 3 is 1.73 bits per heavy atom. The van der Waals surface area contributed by atoms with Crippen LogP contribution in [0.4, 0.5) is 14.4 Å². The second-order valence-electron chi connectivity index (χ2n) is 18.6. The molecule has 0 spiro atoms. The largest absolute Gasteiger partial charge is 0.467 e. The number of ether oxygens (including phenoxy) is 5. The molecule has 0 fully saturated rings. The molecule has 1 aliphatic carbocycles. The first-order valence-electron chi connectivity index (χ1n) is 23.4. The van der Waals surface area contributed by atoms with Crippen molar-refractivity contribution >= 4 is 47.9 Å². The lowest BCUT2D eigenvalue weighted by molar-refractivity contribution is -0.155. The van der Waals surface area contributed by atoms with Crippen molar-refractivity contribution < 1.29 is 62.0 Å². The molecule has 0 saturated heterocycles. The molecule has 3 aromatic rings. The van der Waals surface area contributed by atoms with E-state index in [1.165, 1.54) is 0 Å². The summed E-state index contributed by atoms with van der Waals surface area (Å²) in [6.45, 7) is 10.00. The molecule has 0 aliphatic heterocycles. The summed E-state index contributed by atoms with van der Waals surface area (Å²) in [6.07, 6.45) is -1.95. The summed E-state index contributed by atoms with van der Waals surface area (Å²) < 4.78 is 26.6. The average Bonchev–Trinajstić information content (AvgIpc) is 3.63. The van der Waals surface area contributed by atoms with E-state index in [1.807, 2.05) is 78.9 Å². The molecule has 1 aliphatic rings. The first-order valence-corrected chi connectivity index (χ1v) is 23.4. The number of carbonyl (C=O) groups excluding carboxylic acids is 8. The van der Waals surface area contributed by atoms with Gasteiger partial charge in [-0.2, -0.15) is 0 Å². The highest BCUT2D eigenvalue weighted by Crippen LogP contribution is 2.44. The van der Waals surface area contributed by atoms with Gasteiger partial charge in [-0.3, -0.25) is 19.2 Å². The van der Waals surface area contributed by atoms with E-state index < -0.39 is 77.3 Å². The summed E-state index contributed by atoms with van der Waals surface area (Å²) >= 11 is 0. The lowest BCUT2D eigenvalue weighted by Crippen LogP contribution is -2.56. The molecule has 3 aromatic carbocycles. The maximum Gasteiger partial charge on any atom is 0.408 e. The molecule has 0 bridgehead atoms. The number of methoxy groups -OCH3 is 1. The highest BCUT2D eigenvalue weighted by molar-refractivity contribution is 5.93. The third-order valence-corrected chi connectivity index (χ3v) is 10.6. The lowest BCUT2D eigenvalue weighted by Gasteiger charge is -2.25. The van der Waals surface area contributed by atoms with E-state index in [4.69, 9.17) is 23.7 Å². The molecule has 6 N–H and O–H groups in total. The fourth-order valence-corrected chi connectivity index (χ4v) is 7.41. The smallest absolute Gasteiger partial charge is 0.408 e. The van der Waals surface area contributed by atoms with Gasteiger partial charge in [0, 0.05) is 25.4 Å². The normalized spacial score (nSPS) is 13.1. The van der Waals surface area contributed by atoms with Crippen molar-refractivity contribution in [2.24, 2.45) is 0 Å². The van der Waals surface area contributed by atoms with Gasteiger partial charge < -0.3 is 55.6 Å². The SMILES string of the molecule is COC(=O)[C@H](CCCCNC(=O)OCc1ccccc1)NC(=O)[C@H](CCC(=O)OC(C)(C)C)NC(=O)[C@H](CCCNC(=O)CNC(=O)OC(C)(C)C)NC(=O)OCC1c2ccccc2-c2ccccc21. The number of rotatable bonds is 24. The van der Waals surface area contributed by atoms with Crippen molar-refractivity contribution in [1.29, 1.82) is 0 Å². The molecule has 19 heteroatoms. The van der Waals surface area contributed by atoms with E-state index in [-0.39, 0.29) is 70.9 Å². The van der Waals surface area contributed by atoms with Crippen molar-refractivity contribution in [3.05, 3.63) is 95.6 Å². The average molecular weight is 973 g/mol. The molecule has 0 heterocycles. The molecule has 0 radical (unpaired) electrons. The Morgan fingerprint density at radius 2 is 1.11 bits per heavy atom. The molecular weight excluding hydrogens is 905 g/mol. The molecule has 19 nitrogen and oxygen atoms in total. The fourth-order valence-electron chi connectivity index (χ4n) is 7.41. The van der Waals surface area contributed by atoms with E-state index in [0.717, 1.165) is 34.9 Å². The molecule has 6 amide bonds. The molecule has 70 heavy (non-hydrogen) atoms. The van der Waals surface area contributed by atoms with Gasteiger partial charge in [0.15, 0.2) is 0 Å². The van der Waals surface area contributed by atoms with Crippen LogP contribution >= 0.6 is 0 Å². The van der Waals surface area contributed by atoms with Gasteiger partial charge in [-0.1, -0.05) is 78.9 Å². The van der Waals surface area contributed by atoms with E-state index in [2.05, 4.69) is 31.9 Å². The number of benzene rings is 3. The first kappa shape index (κ1) is 55.4. The van der Waals surface area contributed by atoms with Crippen molar-refractivity contribution in [3.8, 4) is 11.1 Å². The minimum absolute atomic E-state index is 0.0265. The quantitative estimate of drug-likeness (QED) is 0.0360. The number of unbranched alkanes of at least 4 members (excludes halogenated alkanes) is 1. The number of alkyl carbamates (subject to hydrolysis) is 3. The Hall–Kier alpha value is -7.18. The molecule has 0 unspecified atom stereocenters.